The summed E-state index contributed by atoms with van der Waals surface area (Å²) in [6.07, 6.45) is 6.49. The largest absolute Gasteiger partial charge is 0.515 e. The lowest BCUT2D eigenvalue weighted by molar-refractivity contribution is 0.0483. The molecule has 0 atom stereocenters. The van der Waals surface area contributed by atoms with Crippen LogP contribution in [0, 0.1) is 0 Å². The zero-order valence-corrected chi connectivity index (χ0v) is 14.0. The molecule has 0 aromatic rings. The van der Waals surface area contributed by atoms with E-state index in [0.717, 1.165) is 58.3 Å². The monoisotopic (exact) mass is 289 g/mol. The SMILES string of the molecule is CCCO[Si](CN1CCCC1)(OCCC)OCCC. The van der Waals surface area contributed by atoms with Crippen LogP contribution < -0.4 is 0 Å². The molecule has 0 aromatic carbocycles. The molecule has 0 saturated carbocycles. The lowest BCUT2D eigenvalue weighted by atomic mass is 10.4. The Balaban J connectivity index is 2.61. The molecule has 5 heteroatoms. The first-order chi connectivity index (χ1) is 9.26. The van der Waals surface area contributed by atoms with Crippen LogP contribution in [0.3, 0.4) is 0 Å². The van der Waals surface area contributed by atoms with E-state index >= 15 is 0 Å². The van der Waals surface area contributed by atoms with Crippen molar-refractivity contribution in [3.8, 4) is 0 Å². The first-order valence-corrected chi connectivity index (χ1v) is 9.83. The molecule has 4 nitrogen and oxygen atoms in total. The fourth-order valence-electron chi connectivity index (χ4n) is 2.25. The minimum atomic E-state index is -2.50. The number of hydrogen-bond acceptors (Lipinski definition) is 4. The van der Waals surface area contributed by atoms with E-state index in [9.17, 15) is 0 Å². The van der Waals surface area contributed by atoms with Gasteiger partial charge in [0.1, 0.15) is 0 Å². The Morgan fingerprint density at radius 3 is 1.58 bits per heavy atom. The molecular weight excluding hydrogens is 258 g/mol. The second-order valence-corrected chi connectivity index (χ2v) is 7.76. The smallest absolute Gasteiger partial charge is 0.373 e. The third-order valence-corrected chi connectivity index (χ3v) is 5.96. The highest BCUT2D eigenvalue weighted by Crippen LogP contribution is 2.17. The van der Waals surface area contributed by atoms with Gasteiger partial charge < -0.3 is 13.3 Å². The van der Waals surface area contributed by atoms with E-state index < -0.39 is 8.80 Å². The Kier molecular flexibility index (Phi) is 8.90. The fraction of sp³-hybridized carbons (Fsp3) is 1.00. The van der Waals surface area contributed by atoms with Crippen LogP contribution in [0.25, 0.3) is 0 Å². The molecule has 0 aromatic heterocycles. The summed E-state index contributed by atoms with van der Waals surface area (Å²) in [4.78, 5) is 2.45. The molecule has 1 aliphatic rings. The summed E-state index contributed by atoms with van der Waals surface area (Å²) in [5, 5.41) is 0. The summed E-state index contributed by atoms with van der Waals surface area (Å²) in [5.74, 6) is 0. The van der Waals surface area contributed by atoms with E-state index in [1.54, 1.807) is 0 Å². The minimum absolute atomic E-state index is 0.744. The summed E-state index contributed by atoms with van der Waals surface area (Å²) < 4.78 is 18.3. The summed E-state index contributed by atoms with van der Waals surface area (Å²) >= 11 is 0. The van der Waals surface area contributed by atoms with E-state index in [0.29, 0.717) is 0 Å². The van der Waals surface area contributed by atoms with Crippen molar-refractivity contribution in [2.75, 3.05) is 39.1 Å². The van der Waals surface area contributed by atoms with Crippen LogP contribution in [0.2, 0.25) is 0 Å². The molecule has 114 valence electrons. The Hall–Kier alpha value is 0.0569. The van der Waals surface area contributed by atoms with Crippen molar-refractivity contribution >= 4 is 8.80 Å². The van der Waals surface area contributed by atoms with Gasteiger partial charge in [-0.05, 0) is 45.2 Å². The number of rotatable bonds is 11. The molecule has 1 heterocycles. The lowest BCUT2D eigenvalue weighted by Crippen LogP contribution is -2.55. The van der Waals surface area contributed by atoms with E-state index in [1.165, 1.54) is 12.8 Å². The molecule has 1 rings (SSSR count). The van der Waals surface area contributed by atoms with Crippen molar-refractivity contribution in [3.05, 3.63) is 0 Å². The molecule has 0 amide bonds. The second-order valence-electron chi connectivity index (χ2n) is 5.21. The minimum Gasteiger partial charge on any atom is -0.373 e. The van der Waals surface area contributed by atoms with E-state index in [-0.39, 0.29) is 0 Å². The molecule has 0 radical (unpaired) electrons. The quantitative estimate of drug-likeness (QED) is 0.547. The first kappa shape index (κ1) is 17.1. The Morgan fingerprint density at radius 1 is 0.789 bits per heavy atom. The molecule has 1 aliphatic heterocycles. The van der Waals surface area contributed by atoms with Gasteiger partial charge in [0.25, 0.3) is 0 Å². The molecule has 0 unspecified atom stereocenters. The predicted molar refractivity (Wildman–Crippen MR) is 80.2 cm³/mol. The summed E-state index contributed by atoms with van der Waals surface area (Å²) in [7, 11) is -2.50. The van der Waals surface area contributed by atoms with Crippen molar-refractivity contribution in [2.45, 2.75) is 52.9 Å². The maximum absolute atomic E-state index is 6.10. The van der Waals surface area contributed by atoms with E-state index in [2.05, 4.69) is 25.7 Å². The molecule has 0 bridgehead atoms. The highest BCUT2D eigenvalue weighted by Gasteiger charge is 2.43. The van der Waals surface area contributed by atoms with Crippen LogP contribution in [0.5, 0.6) is 0 Å². The summed E-state index contributed by atoms with van der Waals surface area (Å²) in [6.45, 7) is 11.0. The normalized spacial score (nSPS) is 17.2. The van der Waals surface area contributed by atoms with Crippen molar-refractivity contribution in [1.29, 1.82) is 0 Å². The Labute approximate surface area is 119 Å². The number of nitrogens with zero attached hydrogens (tertiary/aromatic N) is 1. The zero-order chi connectivity index (χ0) is 14.0. The van der Waals surface area contributed by atoms with Gasteiger partial charge in [-0.1, -0.05) is 20.8 Å². The van der Waals surface area contributed by atoms with Gasteiger partial charge in [0.2, 0.25) is 0 Å². The maximum atomic E-state index is 6.10. The number of hydrogen-bond donors (Lipinski definition) is 0. The first-order valence-electron chi connectivity index (χ1n) is 7.90. The van der Waals surface area contributed by atoms with Gasteiger partial charge in [-0.25, -0.2) is 0 Å². The van der Waals surface area contributed by atoms with Gasteiger partial charge in [-0.15, -0.1) is 0 Å². The zero-order valence-electron chi connectivity index (χ0n) is 13.0. The summed E-state index contributed by atoms with van der Waals surface area (Å²) in [6, 6.07) is 0. The molecule has 1 saturated heterocycles. The van der Waals surface area contributed by atoms with Crippen LogP contribution in [0.15, 0.2) is 0 Å². The average molecular weight is 289 g/mol. The molecule has 0 N–H and O–H groups in total. The van der Waals surface area contributed by atoms with Gasteiger partial charge in [0, 0.05) is 19.8 Å². The van der Waals surface area contributed by atoms with Crippen molar-refractivity contribution in [1.82, 2.24) is 4.90 Å². The van der Waals surface area contributed by atoms with Crippen LogP contribution in [-0.4, -0.2) is 52.8 Å². The van der Waals surface area contributed by atoms with Crippen molar-refractivity contribution in [2.24, 2.45) is 0 Å². The van der Waals surface area contributed by atoms with Crippen molar-refractivity contribution < 1.29 is 13.3 Å². The van der Waals surface area contributed by atoms with E-state index in [4.69, 9.17) is 13.3 Å². The van der Waals surface area contributed by atoms with Crippen molar-refractivity contribution in [3.63, 3.8) is 0 Å². The van der Waals surface area contributed by atoms with Gasteiger partial charge in [0.05, 0.1) is 6.17 Å². The topological polar surface area (TPSA) is 30.9 Å². The number of likely N-dealkylation sites (tertiary alicyclic amines) is 1. The summed E-state index contributed by atoms with van der Waals surface area (Å²) in [5.41, 5.74) is 0. The standard InChI is InChI=1S/C14H31NO3Si/c1-4-11-16-19(17-12-5-2,18-13-6-3)14-15-9-7-8-10-15/h4-14H2,1-3H3. The average Bonchev–Trinajstić information content (AvgIpc) is 2.93. The van der Waals surface area contributed by atoms with Gasteiger partial charge in [-0.3, -0.25) is 4.90 Å². The molecule has 19 heavy (non-hydrogen) atoms. The Bertz CT molecular complexity index is 201. The molecule has 0 spiro atoms. The molecular formula is C14H31NO3Si. The van der Waals surface area contributed by atoms with Crippen LogP contribution in [-0.2, 0) is 13.3 Å². The van der Waals surface area contributed by atoms with Gasteiger partial charge in [-0.2, -0.15) is 0 Å². The highest BCUT2D eigenvalue weighted by atomic mass is 28.4. The van der Waals surface area contributed by atoms with Crippen LogP contribution >= 0.6 is 0 Å². The molecule has 1 fully saturated rings. The van der Waals surface area contributed by atoms with E-state index in [1.807, 2.05) is 0 Å². The third-order valence-electron chi connectivity index (χ3n) is 3.19. The third kappa shape index (κ3) is 6.36. The fourth-order valence-corrected chi connectivity index (χ4v) is 5.18. The highest BCUT2D eigenvalue weighted by molar-refractivity contribution is 6.60. The molecule has 0 aliphatic carbocycles. The van der Waals surface area contributed by atoms with Gasteiger partial charge >= 0.3 is 8.80 Å². The Morgan fingerprint density at radius 2 is 1.21 bits per heavy atom. The maximum Gasteiger partial charge on any atom is 0.515 e. The van der Waals surface area contributed by atoms with Crippen LogP contribution in [0.4, 0.5) is 0 Å². The lowest BCUT2D eigenvalue weighted by Gasteiger charge is -2.32. The second kappa shape index (κ2) is 9.88. The van der Waals surface area contributed by atoms with Gasteiger partial charge in [0.15, 0.2) is 0 Å². The predicted octanol–water partition coefficient (Wildman–Crippen LogP) is 2.84. The van der Waals surface area contributed by atoms with Crippen LogP contribution in [0.1, 0.15) is 52.9 Å².